The predicted octanol–water partition coefficient (Wildman–Crippen LogP) is 2.98. The summed E-state index contributed by atoms with van der Waals surface area (Å²) in [5, 5.41) is 2.51. The summed E-state index contributed by atoms with van der Waals surface area (Å²) in [6, 6.07) is 9.35. The quantitative estimate of drug-likeness (QED) is 0.846. The minimum atomic E-state index is -0.495. The highest BCUT2D eigenvalue weighted by Crippen LogP contribution is 2.26. The molecule has 0 bridgehead atoms. The first-order valence-electron chi connectivity index (χ1n) is 6.03. The van der Waals surface area contributed by atoms with Crippen molar-refractivity contribution in [1.82, 2.24) is 0 Å². The largest absolute Gasteiger partial charge is 0.495 e. The molecule has 0 fully saturated rings. The standard InChI is InChI=1S/C15H15FN2O2/c1-9-6-7-11(16)12(8-9)18-15(19)10-4-3-5-13(20-2)14(10)17/h3-8H,17H2,1-2H3,(H,18,19). The Morgan fingerprint density at radius 2 is 2.05 bits per heavy atom. The number of nitrogens with one attached hydrogen (secondary N) is 1. The molecule has 0 radical (unpaired) electrons. The molecule has 104 valence electrons. The molecule has 0 aliphatic rings. The van der Waals surface area contributed by atoms with Gasteiger partial charge in [-0.1, -0.05) is 12.1 Å². The van der Waals surface area contributed by atoms with Gasteiger partial charge >= 0.3 is 0 Å². The van der Waals surface area contributed by atoms with Crippen LogP contribution >= 0.6 is 0 Å². The number of amides is 1. The van der Waals surface area contributed by atoms with Crippen molar-refractivity contribution in [1.29, 1.82) is 0 Å². The van der Waals surface area contributed by atoms with Crippen molar-refractivity contribution in [2.24, 2.45) is 0 Å². The van der Waals surface area contributed by atoms with E-state index >= 15 is 0 Å². The number of aryl methyl sites for hydroxylation is 1. The van der Waals surface area contributed by atoms with Crippen molar-refractivity contribution in [2.75, 3.05) is 18.2 Å². The van der Waals surface area contributed by atoms with Gasteiger partial charge < -0.3 is 15.8 Å². The van der Waals surface area contributed by atoms with E-state index in [0.717, 1.165) is 5.56 Å². The number of nitrogen functional groups attached to an aromatic ring is 1. The molecular weight excluding hydrogens is 259 g/mol. The maximum atomic E-state index is 13.6. The van der Waals surface area contributed by atoms with Gasteiger partial charge in [0.05, 0.1) is 24.0 Å². The molecule has 2 rings (SSSR count). The molecule has 0 saturated carbocycles. The van der Waals surface area contributed by atoms with E-state index in [1.165, 1.54) is 13.2 Å². The van der Waals surface area contributed by atoms with E-state index in [4.69, 9.17) is 10.5 Å². The lowest BCUT2D eigenvalue weighted by Crippen LogP contribution is -2.15. The summed E-state index contributed by atoms with van der Waals surface area (Å²) in [5.41, 5.74) is 7.27. The van der Waals surface area contributed by atoms with Crippen LogP contribution in [-0.2, 0) is 0 Å². The van der Waals surface area contributed by atoms with Gasteiger partial charge in [0.25, 0.3) is 5.91 Å². The van der Waals surface area contributed by atoms with Crippen molar-refractivity contribution in [3.8, 4) is 5.75 Å². The summed E-state index contributed by atoms with van der Waals surface area (Å²) in [6.07, 6.45) is 0. The van der Waals surface area contributed by atoms with Crippen LogP contribution in [-0.4, -0.2) is 13.0 Å². The molecule has 4 nitrogen and oxygen atoms in total. The van der Waals surface area contributed by atoms with Gasteiger partial charge in [0.1, 0.15) is 11.6 Å². The second-order valence-corrected chi connectivity index (χ2v) is 4.36. The summed E-state index contributed by atoms with van der Waals surface area (Å²) in [6.45, 7) is 1.81. The molecule has 2 aromatic rings. The topological polar surface area (TPSA) is 64.3 Å². The Bertz CT molecular complexity index is 656. The van der Waals surface area contributed by atoms with Gasteiger partial charge in [0, 0.05) is 0 Å². The lowest BCUT2D eigenvalue weighted by Gasteiger charge is -2.11. The van der Waals surface area contributed by atoms with Crippen LogP contribution in [0.25, 0.3) is 0 Å². The van der Waals surface area contributed by atoms with Gasteiger partial charge in [-0.15, -0.1) is 0 Å². The zero-order chi connectivity index (χ0) is 14.7. The Kier molecular flexibility index (Phi) is 3.89. The maximum absolute atomic E-state index is 13.6. The second-order valence-electron chi connectivity index (χ2n) is 4.36. The Morgan fingerprint density at radius 3 is 2.75 bits per heavy atom. The van der Waals surface area contributed by atoms with E-state index in [2.05, 4.69) is 5.32 Å². The Hall–Kier alpha value is -2.56. The van der Waals surface area contributed by atoms with Crippen LogP contribution < -0.4 is 15.8 Å². The molecule has 0 spiro atoms. The fraction of sp³-hybridized carbons (Fsp3) is 0.133. The smallest absolute Gasteiger partial charge is 0.257 e. The second kappa shape index (κ2) is 5.61. The first-order chi connectivity index (χ1) is 9.52. The molecule has 3 N–H and O–H groups in total. The normalized spacial score (nSPS) is 10.2. The van der Waals surface area contributed by atoms with E-state index in [1.807, 2.05) is 6.92 Å². The predicted molar refractivity (Wildman–Crippen MR) is 76.5 cm³/mol. The summed E-state index contributed by atoms with van der Waals surface area (Å²) < 4.78 is 18.7. The van der Waals surface area contributed by atoms with Crippen molar-refractivity contribution in [3.05, 3.63) is 53.3 Å². The molecule has 0 unspecified atom stereocenters. The van der Waals surface area contributed by atoms with E-state index in [-0.39, 0.29) is 16.9 Å². The van der Waals surface area contributed by atoms with Gasteiger partial charge in [-0.25, -0.2) is 4.39 Å². The first-order valence-corrected chi connectivity index (χ1v) is 6.03. The number of methoxy groups -OCH3 is 1. The minimum Gasteiger partial charge on any atom is -0.495 e. The number of halogens is 1. The molecule has 0 saturated heterocycles. The number of rotatable bonds is 3. The zero-order valence-electron chi connectivity index (χ0n) is 11.2. The van der Waals surface area contributed by atoms with Crippen molar-refractivity contribution in [3.63, 3.8) is 0 Å². The number of carbonyl (C=O) groups is 1. The zero-order valence-corrected chi connectivity index (χ0v) is 11.2. The molecule has 0 aliphatic heterocycles. The third kappa shape index (κ3) is 2.71. The highest BCUT2D eigenvalue weighted by Gasteiger charge is 2.14. The summed E-state index contributed by atoms with van der Waals surface area (Å²) in [5.74, 6) is -0.571. The van der Waals surface area contributed by atoms with E-state index < -0.39 is 11.7 Å². The van der Waals surface area contributed by atoms with E-state index in [0.29, 0.717) is 5.75 Å². The average molecular weight is 274 g/mol. The number of nitrogens with two attached hydrogens (primary N) is 1. The highest BCUT2D eigenvalue weighted by atomic mass is 19.1. The fourth-order valence-corrected chi connectivity index (χ4v) is 1.84. The van der Waals surface area contributed by atoms with E-state index in [9.17, 15) is 9.18 Å². The summed E-state index contributed by atoms with van der Waals surface area (Å²) in [4.78, 5) is 12.2. The van der Waals surface area contributed by atoms with Crippen molar-refractivity contribution < 1.29 is 13.9 Å². The fourth-order valence-electron chi connectivity index (χ4n) is 1.84. The first kappa shape index (κ1) is 13.9. The number of hydrogen-bond donors (Lipinski definition) is 2. The molecular formula is C15H15FN2O2. The average Bonchev–Trinajstić information content (AvgIpc) is 2.43. The summed E-state index contributed by atoms with van der Waals surface area (Å²) in [7, 11) is 1.47. The van der Waals surface area contributed by atoms with Crippen molar-refractivity contribution in [2.45, 2.75) is 6.92 Å². The Balaban J connectivity index is 2.31. The van der Waals surface area contributed by atoms with Gasteiger partial charge in [-0.2, -0.15) is 0 Å². The molecule has 2 aromatic carbocycles. The van der Waals surface area contributed by atoms with Crippen LogP contribution in [0.5, 0.6) is 5.75 Å². The molecule has 20 heavy (non-hydrogen) atoms. The van der Waals surface area contributed by atoms with Crippen LogP contribution in [0.4, 0.5) is 15.8 Å². The van der Waals surface area contributed by atoms with Crippen LogP contribution in [0.3, 0.4) is 0 Å². The molecule has 1 amide bonds. The monoisotopic (exact) mass is 274 g/mol. The number of benzene rings is 2. The SMILES string of the molecule is COc1cccc(C(=O)Nc2cc(C)ccc2F)c1N. The Labute approximate surface area is 116 Å². The molecule has 0 aliphatic carbocycles. The van der Waals surface area contributed by atoms with Gasteiger partial charge in [-0.3, -0.25) is 4.79 Å². The lowest BCUT2D eigenvalue weighted by atomic mass is 10.1. The van der Waals surface area contributed by atoms with Gasteiger partial charge in [0.2, 0.25) is 0 Å². The number of ether oxygens (including phenoxy) is 1. The minimum absolute atomic E-state index is 0.122. The molecule has 0 aromatic heterocycles. The van der Waals surface area contributed by atoms with Crippen LogP contribution in [0.15, 0.2) is 36.4 Å². The number of para-hydroxylation sites is 1. The maximum Gasteiger partial charge on any atom is 0.257 e. The van der Waals surface area contributed by atoms with Crippen LogP contribution in [0.1, 0.15) is 15.9 Å². The molecule has 5 heteroatoms. The third-order valence-corrected chi connectivity index (χ3v) is 2.90. The van der Waals surface area contributed by atoms with Crippen LogP contribution in [0.2, 0.25) is 0 Å². The van der Waals surface area contributed by atoms with Crippen molar-refractivity contribution >= 4 is 17.3 Å². The highest BCUT2D eigenvalue weighted by molar-refractivity contribution is 6.08. The number of hydrogen-bond acceptors (Lipinski definition) is 3. The van der Waals surface area contributed by atoms with Gasteiger partial charge in [-0.05, 0) is 36.8 Å². The number of carbonyl (C=O) groups excluding carboxylic acids is 1. The Morgan fingerprint density at radius 1 is 1.30 bits per heavy atom. The number of anilines is 2. The molecule has 0 atom stereocenters. The van der Waals surface area contributed by atoms with Gasteiger partial charge in [0.15, 0.2) is 0 Å². The molecule has 0 heterocycles. The van der Waals surface area contributed by atoms with Crippen LogP contribution in [0, 0.1) is 12.7 Å². The third-order valence-electron chi connectivity index (χ3n) is 2.90. The summed E-state index contributed by atoms with van der Waals surface area (Å²) >= 11 is 0. The van der Waals surface area contributed by atoms with E-state index in [1.54, 1.807) is 30.3 Å². The lowest BCUT2D eigenvalue weighted by molar-refractivity contribution is 0.102.